The number of para-hydroxylation sites is 1. The number of anilines is 1. The number of amides is 1. The standard InChI is InChI=1S/C22H24N4O3/c1-28-18-14-17(15-19(16-18)29-2)24-10-12-25(13-11-24)22(27)20-6-3-4-7-21(20)26-9-5-8-23-26/h3-9,14-16H,10-13H2,1-2H3. The van der Waals surface area contributed by atoms with Crippen molar-refractivity contribution in [1.29, 1.82) is 0 Å². The lowest BCUT2D eigenvalue weighted by molar-refractivity contribution is 0.0746. The van der Waals surface area contributed by atoms with Crippen molar-refractivity contribution in [1.82, 2.24) is 14.7 Å². The second-order valence-corrected chi connectivity index (χ2v) is 6.82. The van der Waals surface area contributed by atoms with Gasteiger partial charge < -0.3 is 19.3 Å². The third kappa shape index (κ3) is 3.89. The molecule has 0 radical (unpaired) electrons. The van der Waals surface area contributed by atoms with Gasteiger partial charge in [0.05, 0.1) is 25.5 Å². The Hall–Kier alpha value is -3.48. The lowest BCUT2D eigenvalue weighted by Gasteiger charge is -2.36. The van der Waals surface area contributed by atoms with E-state index in [4.69, 9.17) is 9.47 Å². The van der Waals surface area contributed by atoms with E-state index in [0.717, 1.165) is 36.0 Å². The Morgan fingerprint density at radius 2 is 1.62 bits per heavy atom. The molecule has 1 aliphatic rings. The van der Waals surface area contributed by atoms with E-state index in [2.05, 4.69) is 10.00 Å². The average molecular weight is 392 g/mol. The van der Waals surface area contributed by atoms with E-state index in [0.29, 0.717) is 18.7 Å². The fourth-order valence-corrected chi connectivity index (χ4v) is 3.58. The lowest BCUT2D eigenvalue weighted by atomic mass is 10.1. The number of carbonyl (C=O) groups is 1. The zero-order valence-corrected chi connectivity index (χ0v) is 16.6. The predicted molar refractivity (Wildman–Crippen MR) is 111 cm³/mol. The Balaban J connectivity index is 1.49. The summed E-state index contributed by atoms with van der Waals surface area (Å²) >= 11 is 0. The van der Waals surface area contributed by atoms with Gasteiger partial charge in [-0.15, -0.1) is 0 Å². The third-order valence-corrected chi connectivity index (χ3v) is 5.15. The average Bonchev–Trinajstić information content (AvgIpc) is 3.33. The highest BCUT2D eigenvalue weighted by atomic mass is 16.5. The number of hydrogen-bond acceptors (Lipinski definition) is 5. The van der Waals surface area contributed by atoms with Crippen molar-refractivity contribution in [3.8, 4) is 17.2 Å². The molecule has 1 saturated heterocycles. The summed E-state index contributed by atoms with van der Waals surface area (Å²) in [6.45, 7) is 2.77. The number of hydrogen-bond donors (Lipinski definition) is 0. The summed E-state index contributed by atoms with van der Waals surface area (Å²) in [5.41, 5.74) is 2.49. The third-order valence-electron chi connectivity index (χ3n) is 5.15. The maximum absolute atomic E-state index is 13.2. The van der Waals surface area contributed by atoms with Crippen LogP contribution in [0, 0.1) is 0 Å². The summed E-state index contributed by atoms with van der Waals surface area (Å²) in [4.78, 5) is 17.3. The number of benzene rings is 2. The lowest BCUT2D eigenvalue weighted by Crippen LogP contribution is -2.49. The van der Waals surface area contributed by atoms with E-state index in [1.165, 1.54) is 0 Å². The normalized spacial score (nSPS) is 14.0. The Bertz CT molecular complexity index is 957. The molecule has 2 heterocycles. The van der Waals surface area contributed by atoms with E-state index >= 15 is 0 Å². The molecule has 0 aliphatic carbocycles. The molecular formula is C22H24N4O3. The van der Waals surface area contributed by atoms with Gasteiger partial charge in [-0.3, -0.25) is 4.79 Å². The Kier molecular flexibility index (Phi) is 5.37. The van der Waals surface area contributed by atoms with Gasteiger partial charge in [0.2, 0.25) is 0 Å². The van der Waals surface area contributed by atoms with Gasteiger partial charge in [-0.05, 0) is 18.2 Å². The summed E-state index contributed by atoms with van der Waals surface area (Å²) < 4.78 is 12.5. The van der Waals surface area contributed by atoms with Crippen molar-refractivity contribution < 1.29 is 14.3 Å². The second-order valence-electron chi connectivity index (χ2n) is 6.82. The molecule has 0 unspecified atom stereocenters. The van der Waals surface area contributed by atoms with Crippen LogP contribution in [0.25, 0.3) is 5.69 Å². The van der Waals surface area contributed by atoms with Gasteiger partial charge in [0, 0.05) is 62.5 Å². The summed E-state index contributed by atoms with van der Waals surface area (Å²) in [5.74, 6) is 1.54. The molecule has 0 N–H and O–H groups in total. The zero-order chi connectivity index (χ0) is 20.2. The molecule has 29 heavy (non-hydrogen) atoms. The van der Waals surface area contributed by atoms with E-state index in [1.54, 1.807) is 25.1 Å². The van der Waals surface area contributed by atoms with Crippen molar-refractivity contribution in [2.75, 3.05) is 45.3 Å². The molecule has 3 aromatic rings. The van der Waals surface area contributed by atoms with Crippen molar-refractivity contribution in [3.05, 3.63) is 66.5 Å². The first-order valence-corrected chi connectivity index (χ1v) is 9.56. The van der Waals surface area contributed by atoms with Crippen LogP contribution in [0.4, 0.5) is 5.69 Å². The molecule has 0 spiro atoms. The van der Waals surface area contributed by atoms with Crippen molar-refractivity contribution in [3.63, 3.8) is 0 Å². The number of ether oxygens (including phenoxy) is 2. The molecule has 1 aliphatic heterocycles. The fraction of sp³-hybridized carbons (Fsp3) is 0.273. The number of piperazine rings is 1. The van der Waals surface area contributed by atoms with Crippen LogP contribution < -0.4 is 14.4 Å². The number of aromatic nitrogens is 2. The van der Waals surface area contributed by atoms with Gasteiger partial charge in [0.25, 0.3) is 5.91 Å². The number of carbonyl (C=O) groups excluding carboxylic acids is 1. The maximum Gasteiger partial charge on any atom is 0.256 e. The summed E-state index contributed by atoms with van der Waals surface area (Å²) in [7, 11) is 3.29. The van der Waals surface area contributed by atoms with Crippen LogP contribution in [0.3, 0.4) is 0 Å². The monoisotopic (exact) mass is 392 g/mol. The molecule has 0 bridgehead atoms. The van der Waals surface area contributed by atoms with Crippen LogP contribution in [0.2, 0.25) is 0 Å². The minimum Gasteiger partial charge on any atom is -0.497 e. The van der Waals surface area contributed by atoms with E-state index in [9.17, 15) is 4.79 Å². The smallest absolute Gasteiger partial charge is 0.256 e. The van der Waals surface area contributed by atoms with E-state index < -0.39 is 0 Å². The van der Waals surface area contributed by atoms with Gasteiger partial charge in [0.1, 0.15) is 11.5 Å². The molecule has 2 aromatic carbocycles. The van der Waals surface area contributed by atoms with E-state index in [1.807, 2.05) is 59.6 Å². The molecule has 7 nitrogen and oxygen atoms in total. The van der Waals surface area contributed by atoms with Gasteiger partial charge >= 0.3 is 0 Å². The molecule has 0 atom stereocenters. The molecule has 1 aromatic heterocycles. The quantitative estimate of drug-likeness (QED) is 0.668. The summed E-state index contributed by atoms with van der Waals surface area (Å²) in [5, 5.41) is 4.27. The van der Waals surface area contributed by atoms with E-state index in [-0.39, 0.29) is 5.91 Å². The van der Waals surface area contributed by atoms with Crippen molar-refractivity contribution in [2.24, 2.45) is 0 Å². The van der Waals surface area contributed by atoms with Crippen LogP contribution in [-0.2, 0) is 0 Å². The number of rotatable bonds is 5. The highest BCUT2D eigenvalue weighted by Gasteiger charge is 2.25. The van der Waals surface area contributed by atoms with Crippen LogP contribution in [0.1, 0.15) is 10.4 Å². The summed E-state index contributed by atoms with van der Waals surface area (Å²) in [6, 6.07) is 15.3. The first kappa shape index (κ1) is 18.9. The minimum absolute atomic E-state index is 0.0268. The van der Waals surface area contributed by atoms with Crippen LogP contribution in [-0.4, -0.2) is 61.0 Å². The van der Waals surface area contributed by atoms with Crippen LogP contribution in [0.15, 0.2) is 60.9 Å². The van der Waals surface area contributed by atoms with Crippen LogP contribution in [0.5, 0.6) is 11.5 Å². The summed E-state index contributed by atoms with van der Waals surface area (Å²) in [6.07, 6.45) is 3.56. The Morgan fingerprint density at radius 1 is 0.931 bits per heavy atom. The highest BCUT2D eigenvalue weighted by Crippen LogP contribution is 2.29. The van der Waals surface area contributed by atoms with Gasteiger partial charge in [-0.2, -0.15) is 5.10 Å². The molecular weight excluding hydrogens is 368 g/mol. The topological polar surface area (TPSA) is 59.8 Å². The molecule has 7 heteroatoms. The predicted octanol–water partition coefficient (Wildman–Crippen LogP) is 2.85. The van der Waals surface area contributed by atoms with Gasteiger partial charge in [0.15, 0.2) is 0 Å². The molecule has 1 fully saturated rings. The fourth-order valence-electron chi connectivity index (χ4n) is 3.58. The Labute approximate surface area is 170 Å². The first-order chi connectivity index (χ1) is 14.2. The number of nitrogens with zero attached hydrogens (tertiary/aromatic N) is 4. The molecule has 150 valence electrons. The van der Waals surface area contributed by atoms with Gasteiger partial charge in [-0.1, -0.05) is 12.1 Å². The number of methoxy groups -OCH3 is 2. The van der Waals surface area contributed by atoms with Crippen molar-refractivity contribution in [2.45, 2.75) is 0 Å². The Morgan fingerprint density at radius 3 is 2.24 bits per heavy atom. The maximum atomic E-state index is 13.2. The minimum atomic E-state index is 0.0268. The molecule has 0 saturated carbocycles. The zero-order valence-electron chi connectivity index (χ0n) is 16.6. The molecule has 4 rings (SSSR count). The first-order valence-electron chi connectivity index (χ1n) is 9.56. The SMILES string of the molecule is COc1cc(OC)cc(N2CCN(C(=O)c3ccccc3-n3cccn3)CC2)c1. The highest BCUT2D eigenvalue weighted by molar-refractivity contribution is 5.97. The molecule has 1 amide bonds. The van der Waals surface area contributed by atoms with Crippen LogP contribution >= 0.6 is 0 Å². The second kappa shape index (κ2) is 8.26. The largest absolute Gasteiger partial charge is 0.497 e. The van der Waals surface area contributed by atoms with Gasteiger partial charge in [-0.25, -0.2) is 4.68 Å². The van der Waals surface area contributed by atoms with Crippen molar-refractivity contribution >= 4 is 11.6 Å².